The maximum absolute atomic E-state index is 12.9. The number of anilines is 1. The zero-order chi connectivity index (χ0) is 24.6. The van der Waals surface area contributed by atoms with E-state index in [4.69, 9.17) is 9.47 Å². The molecular formula is C24H26N4O6. The molecule has 10 nitrogen and oxygen atoms in total. The highest BCUT2D eigenvalue weighted by molar-refractivity contribution is 6.20. The first kappa shape index (κ1) is 23.0. The van der Waals surface area contributed by atoms with Gasteiger partial charge in [0.1, 0.15) is 11.4 Å². The number of fused-ring (bicyclic) bond motifs is 1. The van der Waals surface area contributed by atoms with Crippen molar-refractivity contribution in [3.63, 3.8) is 0 Å². The van der Waals surface area contributed by atoms with Gasteiger partial charge in [-0.3, -0.25) is 19.3 Å². The van der Waals surface area contributed by atoms with Crippen molar-refractivity contribution in [3.8, 4) is 17.2 Å². The number of amides is 3. The van der Waals surface area contributed by atoms with Crippen molar-refractivity contribution in [2.75, 3.05) is 33.3 Å². The van der Waals surface area contributed by atoms with Crippen LogP contribution in [0.5, 0.6) is 17.2 Å². The first-order valence-electron chi connectivity index (χ1n) is 10.8. The Morgan fingerprint density at radius 2 is 1.82 bits per heavy atom. The quantitative estimate of drug-likeness (QED) is 0.420. The van der Waals surface area contributed by atoms with E-state index in [2.05, 4.69) is 10.6 Å². The molecule has 0 saturated heterocycles. The summed E-state index contributed by atoms with van der Waals surface area (Å²) in [5.74, 6) is -0.514. The van der Waals surface area contributed by atoms with Crippen molar-refractivity contribution < 1.29 is 29.0 Å². The van der Waals surface area contributed by atoms with Gasteiger partial charge in [0.2, 0.25) is 6.79 Å². The van der Waals surface area contributed by atoms with Gasteiger partial charge < -0.3 is 30.1 Å². The Morgan fingerprint density at radius 3 is 2.53 bits per heavy atom. The van der Waals surface area contributed by atoms with E-state index in [0.717, 1.165) is 10.5 Å². The molecule has 0 bridgehead atoms. The first-order valence-corrected chi connectivity index (χ1v) is 10.8. The van der Waals surface area contributed by atoms with E-state index >= 15 is 0 Å². The second-order valence-corrected chi connectivity index (χ2v) is 8.16. The van der Waals surface area contributed by atoms with Crippen LogP contribution in [-0.4, -0.2) is 60.6 Å². The van der Waals surface area contributed by atoms with E-state index in [9.17, 15) is 19.5 Å². The Balaban J connectivity index is 1.68. The number of likely N-dealkylation sites (N-methyl/N-ethyl adjacent to an activating group) is 1. The summed E-state index contributed by atoms with van der Waals surface area (Å²) in [6.45, 7) is 2.10. The molecule has 0 saturated carbocycles. The third-order valence-corrected chi connectivity index (χ3v) is 5.75. The molecular weight excluding hydrogens is 440 g/mol. The number of hydrogen-bond donors (Lipinski definition) is 3. The summed E-state index contributed by atoms with van der Waals surface area (Å²) in [6.07, 6.45) is 0.611. The third-order valence-electron chi connectivity index (χ3n) is 5.75. The molecule has 4 rings (SSSR count). The highest BCUT2D eigenvalue weighted by Gasteiger charge is 2.38. The van der Waals surface area contributed by atoms with E-state index < -0.39 is 17.7 Å². The van der Waals surface area contributed by atoms with Gasteiger partial charge in [-0.05, 0) is 36.2 Å². The number of phenols is 1. The lowest BCUT2D eigenvalue weighted by Gasteiger charge is -2.20. The maximum atomic E-state index is 12.9. The Hall–Kier alpha value is -4.21. The Kier molecular flexibility index (Phi) is 6.06. The van der Waals surface area contributed by atoms with Crippen LogP contribution >= 0.6 is 0 Å². The fraction of sp³-hybridized carbons (Fsp3) is 0.292. The van der Waals surface area contributed by atoms with Crippen molar-refractivity contribution in [3.05, 3.63) is 58.9 Å². The number of carbonyl (C=O) groups excluding carboxylic acids is 3. The smallest absolute Gasteiger partial charge is 0.279 e. The summed E-state index contributed by atoms with van der Waals surface area (Å²) in [4.78, 5) is 40.5. The van der Waals surface area contributed by atoms with Gasteiger partial charge in [-0.2, -0.15) is 0 Å². The molecule has 2 aliphatic heterocycles. The average Bonchev–Trinajstić information content (AvgIpc) is 3.37. The van der Waals surface area contributed by atoms with Crippen LogP contribution in [0, 0.1) is 0 Å². The van der Waals surface area contributed by atoms with Gasteiger partial charge in [0.05, 0.1) is 17.3 Å². The largest absolute Gasteiger partial charge is 0.505 e. The number of phenolic OH excluding ortho intramolecular Hbond substituents is 1. The van der Waals surface area contributed by atoms with Crippen LogP contribution in [-0.2, 0) is 9.59 Å². The summed E-state index contributed by atoms with van der Waals surface area (Å²) in [7, 11) is 4.53. The molecule has 0 aliphatic carbocycles. The van der Waals surface area contributed by atoms with Gasteiger partial charge in [-0.25, -0.2) is 0 Å². The molecule has 3 N–H and O–H groups in total. The molecule has 178 valence electrons. The molecule has 0 spiro atoms. The second kappa shape index (κ2) is 8.97. The molecule has 0 aromatic heterocycles. The SMILES string of the molecule is CCC(NC1=C(Nc2cccc(C(=O)N(C)C)c2O)C(=O)N(C)C1=O)c1ccc2c(c1)OCO2. The number of imide groups is 1. The number of hydrogen-bond acceptors (Lipinski definition) is 8. The van der Waals surface area contributed by atoms with Gasteiger partial charge in [0.25, 0.3) is 17.7 Å². The number of carbonyl (C=O) groups is 3. The number of rotatable bonds is 7. The first-order chi connectivity index (χ1) is 16.2. The molecule has 3 amide bonds. The van der Waals surface area contributed by atoms with E-state index in [0.29, 0.717) is 17.9 Å². The van der Waals surface area contributed by atoms with Gasteiger partial charge in [-0.15, -0.1) is 0 Å². The predicted octanol–water partition coefficient (Wildman–Crippen LogP) is 2.19. The molecule has 34 heavy (non-hydrogen) atoms. The van der Waals surface area contributed by atoms with Crippen molar-refractivity contribution in [2.45, 2.75) is 19.4 Å². The molecule has 10 heteroatoms. The van der Waals surface area contributed by atoms with Crippen molar-refractivity contribution in [1.29, 1.82) is 0 Å². The van der Waals surface area contributed by atoms with E-state index in [1.165, 1.54) is 24.1 Å². The van der Waals surface area contributed by atoms with Crippen LogP contribution in [0.15, 0.2) is 47.8 Å². The molecule has 2 aromatic carbocycles. The summed E-state index contributed by atoms with van der Waals surface area (Å²) >= 11 is 0. The van der Waals surface area contributed by atoms with Gasteiger partial charge in [0.15, 0.2) is 17.2 Å². The zero-order valence-electron chi connectivity index (χ0n) is 19.3. The lowest BCUT2D eigenvalue weighted by Crippen LogP contribution is -2.31. The number of nitrogens with zero attached hydrogens (tertiary/aromatic N) is 2. The Morgan fingerprint density at radius 1 is 1.12 bits per heavy atom. The minimum Gasteiger partial charge on any atom is -0.505 e. The fourth-order valence-electron chi connectivity index (χ4n) is 3.81. The summed E-state index contributed by atoms with van der Waals surface area (Å²) in [5, 5.41) is 16.7. The normalized spacial score (nSPS) is 15.6. The average molecular weight is 466 g/mol. The van der Waals surface area contributed by atoms with Crippen molar-refractivity contribution in [2.24, 2.45) is 0 Å². The summed E-state index contributed by atoms with van der Waals surface area (Å²) in [5.41, 5.74) is 1.11. The monoisotopic (exact) mass is 466 g/mol. The lowest BCUT2D eigenvalue weighted by atomic mass is 10.0. The fourth-order valence-corrected chi connectivity index (χ4v) is 3.81. The van der Waals surface area contributed by atoms with Crippen LogP contribution in [0.25, 0.3) is 0 Å². The topological polar surface area (TPSA) is 120 Å². The molecule has 0 radical (unpaired) electrons. The molecule has 1 unspecified atom stereocenters. The highest BCUT2D eigenvalue weighted by atomic mass is 16.7. The maximum Gasteiger partial charge on any atom is 0.279 e. The number of benzene rings is 2. The standard InChI is InChI=1S/C24H26N4O6/c1-5-15(13-9-10-17-18(11-13)34-12-33-17)25-19-20(24(32)28(4)23(19)31)26-16-8-6-7-14(21(16)29)22(30)27(2)3/h6-11,15,25-26,29H,5,12H2,1-4H3. The number of aromatic hydroxyl groups is 1. The van der Waals surface area contributed by atoms with Crippen LogP contribution in [0.2, 0.25) is 0 Å². The Labute approximate surface area is 196 Å². The van der Waals surface area contributed by atoms with Crippen LogP contribution in [0.4, 0.5) is 5.69 Å². The molecule has 1 atom stereocenters. The van der Waals surface area contributed by atoms with E-state index in [1.54, 1.807) is 26.2 Å². The zero-order valence-corrected chi connectivity index (χ0v) is 19.3. The third kappa shape index (κ3) is 3.98. The number of ether oxygens (including phenoxy) is 2. The minimum atomic E-state index is -0.559. The molecule has 0 fully saturated rings. The van der Waals surface area contributed by atoms with Gasteiger partial charge in [0, 0.05) is 21.1 Å². The van der Waals surface area contributed by atoms with Crippen molar-refractivity contribution >= 4 is 23.4 Å². The van der Waals surface area contributed by atoms with Crippen LogP contribution in [0.3, 0.4) is 0 Å². The van der Waals surface area contributed by atoms with Crippen molar-refractivity contribution in [1.82, 2.24) is 15.1 Å². The van der Waals surface area contributed by atoms with E-state index in [-0.39, 0.29) is 41.2 Å². The highest BCUT2D eigenvalue weighted by Crippen LogP contribution is 2.36. The predicted molar refractivity (Wildman–Crippen MR) is 123 cm³/mol. The van der Waals surface area contributed by atoms with Crippen LogP contribution < -0.4 is 20.1 Å². The molecule has 2 aliphatic rings. The van der Waals surface area contributed by atoms with E-state index in [1.807, 2.05) is 19.1 Å². The number of nitrogens with one attached hydrogen (secondary N) is 2. The minimum absolute atomic E-state index is 0.0172. The summed E-state index contributed by atoms with van der Waals surface area (Å²) in [6, 6.07) is 9.79. The second-order valence-electron chi connectivity index (χ2n) is 8.16. The van der Waals surface area contributed by atoms with Gasteiger partial charge in [-0.1, -0.05) is 19.1 Å². The lowest BCUT2D eigenvalue weighted by molar-refractivity contribution is -0.136. The molecule has 2 aromatic rings. The Bertz CT molecular complexity index is 1210. The number of para-hydroxylation sites is 1. The summed E-state index contributed by atoms with van der Waals surface area (Å²) < 4.78 is 10.8. The molecule has 2 heterocycles. The van der Waals surface area contributed by atoms with Crippen LogP contribution in [0.1, 0.15) is 35.3 Å². The van der Waals surface area contributed by atoms with Gasteiger partial charge >= 0.3 is 0 Å².